The predicted octanol–water partition coefficient (Wildman–Crippen LogP) is 2.98. The number of nitriles is 2. The minimum atomic E-state index is -3.20. The molecule has 0 bridgehead atoms. The van der Waals surface area contributed by atoms with Crippen molar-refractivity contribution in [1.82, 2.24) is 19.5 Å². The van der Waals surface area contributed by atoms with Crippen molar-refractivity contribution in [2.45, 2.75) is 44.3 Å². The highest BCUT2D eigenvalue weighted by Gasteiger charge is 2.51. The van der Waals surface area contributed by atoms with Crippen LogP contribution in [-0.4, -0.2) is 56.0 Å². The van der Waals surface area contributed by atoms with Gasteiger partial charge in [0.2, 0.25) is 6.10 Å². The molecule has 2 aliphatic rings. The zero-order valence-corrected chi connectivity index (χ0v) is 20.0. The summed E-state index contributed by atoms with van der Waals surface area (Å²) in [6.45, 7) is 3.00. The second-order valence-electron chi connectivity index (χ2n) is 9.05. The summed E-state index contributed by atoms with van der Waals surface area (Å²) >= 11 is 0. The van der Waals surface area contributed by atoms with E-state index in [1.165, 1.54) is 23.0 Å². The van der Waals surface area contributed by atoms with Crippen molar-refractivity contribution in [2.24, 2.45) is 15.9 Å². The van der Waals surface area contributed by atoms with Gasteiger partial charge in [0.1, 0.15) is 28.6 Å². The number of nitrogens with zero attached hydrogens (tertiary/aromatic N) is 8. The Morgan fingerprint density at radius 1 is 1.30 bits per heavy atom. The minimum Gasteiger partial charge on any atom is -0.475 e. The van der Waals surface area contributed by atoms with Crippen molar-refractivity contribution in [3.05, 3.63) is 59.2 Å². The summed E-state index contributed by atoms with van der Waals surface area (Å²) in [7, 11) is 0. The summed E-state index contributed by atoms with van der Waals surface area (Å²) < 4.78 is 37.4. The van der Waals surface area contributed by atoms with Crippen molar-refractivity contribution in [2.75, 3.05) is 13.1 Å². The van der Waals surface area contributed by atoms with Crippen LogP contribution in [0, 0.1) is 22.8 Å². The third-order valence-electron chi connectivity index (χ3n) is 6.65. The lowest BCUT2D eigenvalue weighted by Gasteiger charge is -2.26. The molecular formula is C25H23F2N9O. The SMILES string of the molecule is CC(=NC1CCN(C#N)CC1)/C(=N\N)c1cc(O[C@@H]2c3ncccc3CC2(F)F)c2c(C#N)cnn2c1. The van der Waals surface area contributed by atoms with Crippen LogP contribution in [0.25, 0.3) is 5.52 Å². The van der Waals surface area contributed by atoms with Gasteiger partial charge in [-0.1, -0.05) is 6.07 Å². The maximum Gasteiger partial charge on any atom is 0.293 e. The number of likely N-dealkylation sites (tertiary alicyclic amines) is 1. The van der Waals surface area contributed by atoms with Crippen LogP contribution in [0.1, 0.15) is 48.3 Å². The molecule has 0 amide bonds. The molecule has 5 rings (SSSR count). The van der Waals surface area contributed by atoms with E-state index in [1.54, 1.807) is 30.2 Å². The van der Waals surface area contributed by atoms with Gasteiger partial charge in [0.15, 0.2) is 6.19 Å². The van der Waals surface area contributed by atoms with E-state index in [4.69, 9.17) is 20.8 Å². The van der Waals surface area contributed by atoms with Crippen LogP contribution in [0.15, 0.2) is 46.9 Å². The molecule has 1 saturated heterocycles. The number of rotatable bonds is 5. The zero-order valence-electron chi connectivity index (χ0n) is 20.0. The van der Waals surface area contributed by atoms with Crippen molar-refractivity contribution >= 4 is 16.9 Å². The number of aromatic nitrogens is 3. The second kappa shape index (κ2) is 9.47. The van der Waals surface area contributed by atoms with E-state index in [9.17, 15) is 5.26 Å². The van der Waals surface area contributed by atoms with Crippen LogP contribution in [0.2, 0.25) is 0 Å². The Hall–Kier alpha value is -4.58. The summed E-state index contributed by atoms with van der Waals surface area (Å²) in [4.78, 5) is 10.6. The molecule has 12 heteroatoms. The van der Waals surface area contributed by atoms with Gasteiger partial charge < -0.3 is 15.5 Å². The third kappa shape index (κ3) is 4.42. The van der Waals surface area contributed by atoms with Gasteiger partial charge in [-0.05, 0) is 37.5 Å². The maximum atomic E-state index is 15.0. The topological polar surface area (TPSA) is 141 Å². The molecule has 37 heavy (non-hydrogen) atoms. The molecule has 0 radical (unpaired) electrons. The highest BCUT2D eigenvalue weighted by molar-refractivity contribution is 6.47. The van der Waals surface area contributed by atoms with Crippen LogP contribution in [0.5, 0.6) is 5.75 Å². The Labute approximate surface area is 211 Å². The molecule has 188 valence electrons. The summed E-state index contributed by atoms with van der Waals surface area (Å²) in [5.41, 5.74) is 2.31. The van der Waals surface area contributed by atoms with Crippen molar-refractivity contribution in [3.63, 3.8) is 0 Å². The number of ether oxygens (including phenoxy) is 1. The van der Waals surface area contributed by atoms with Crippen LogP contribution >= 0.6 is 0 Å². The predicted molar refractivity (Wildman–Crippen MR) is 130 cm³/mol. The Bertz CT molecular complexity index is 1490. The number of alkyl halides is 2. The lowest BCUT2D eigenvalue weighted by atomic mass is 10.0. The number of piperidine rings is 1. The van der Waals surface area contributed by atoms with Crippen LogP contribution in [0.4, 0.5) is 8.78 Å². The van der Waals surface area contributed by atoms with Gasteiger partial charge in [-0.3, -0.25) is 9.98 Å². The number of fused-ring (bicyclic) bond motifs is 2. The molecule has 0 spiro atoms. The molecule has 4 heterocycles. The molecule has 1 atom stereocenters. The highest BCUT2D eigenvalue weighted by Crippen LogP contribution is 2.45. The van der Waals surface area contributed by atoms with Crippen molar-refractivity contribution in [1.29, 1.82) is 10.5 Å². The molecule has 3 aromatic rings. The molecule has 2 N–H and O–H groups in total. The number of hydrogen-bond donors (Lipinski definition) is 1. The Kier molecular flexibility index (Phi) is 6.17. The van der Waals surface area contributed by atoms with Gasteiger partial charge >= 0.3 is 0 Å². The van der Waals surface area contributed by atoms with Gasteiger partial charge in [-0.15, -0.1) is 0 Å². The van der Waals surface area contributed by atoms with E-state index >= 15 is 8.78 Å². The Morgan fingerprint density at radius 2 is 2.08 bits per heavy atom. The van der Waals surface area contributed by atoms with Gasteiger partial charge in [0.05, 0.1) is 23.6 Å². The fourth-order valence-electron chi connectivity index (χ4n) is 4.84. The minimum absolute atomic E-state index is 0.00421. The third-order valence-corrected chi connectivity index (χ3v) is 6.65. The first-order valence-corrected chi connectivity index (χ1v) is 11.7. The number of halogens is 2. The van der Waals surface area contributed by atoms with Gasteiger partial charge in [-0.2, -0.15) is 20.7 Å². The van der Waals surface area contributed by atoms with Crippen LogP contribution < -0.4 is 10.6 Å². The molecule has 0 aromatic carbocycles. The fourth-order valence-corrected chi connectivity index (χ4v) is 4.84. The summed E-state index contributed by atoms with van der Waals surface area (Å²) in [6.07, 6.45) is 5.83. The number of nitrogens with two attached hydrogens (primary N) is 1. The second-order valence-corrected chi connectivity index (χ2v) is 9.05. The monoisotopic (exact) mass is 503 g/mol. The highest BCUT2D eigenvalue weighted by atomic mass is 19.3. The molecule has 10 nitrogen and oxygen atoms in total. The molecular weight excluding hydrogens is 480 g/mol. The van der Waals surface area contributed by atoms with Gasteiger partial charge in [0, 0.05) is 37.5 Å². The van der Waals surface area contributed by atoms with E-state index in [0.29, 0.717) is 48.5 Å². The van der Waals surface area contributed by atoms with E-state index < -0.39 is 18.4 Å². The summed E-state index contributed by atoms with van der Waals surface area (Å²) in [5.74, 6) is 2.59. The molecule has 3 aromatic heterocycles. The van der Waals surface area contributed by atoms with E-state index in [0.717, 1.165) is 0 Å². The maximum absolute atomic E-state index is 15.0. The van der Waals surface area contributed by atoms with Crippen molar-refractivity contribution in [3.8, 4) is 18.0 Å². The lowest BCUT2D eigenvalue weighted by Crippen LogP contribution is -2.32. The standard InChI is InChI=1S/C25H23F2N9O/c1-15(33-19-4-7-35(14-29)8-5-19)21(34-30)17-9-20(23-18(11-28)12-32-36(23)13-17)37-24-22-16(3-2-6-31-22)10-25(24,26)27/h2-3,6,9,12-13,19,24H,4-5,7-8,10,30H2,1H3/b33-15?,34-21+/t24-/m1/s1. The molecule has 0 saturated carbocycles. The van der Waals surface area contributed by atoms with E-state index in [2.05, 4.69) is 21.4 Å². The lowest BCUT2D eigenvalue weighted by molar-refractivity contribution is -0.0854. The quantitative estimate of drug-likeness (QED) is 0.244. The number of pyridine rings is 2. The molecule has 0 unspecified atom stereocenters. The fraction of sp³-hybridized carbons (Fsp3) is 0.360. The Balaban J connectivity index is 1.54. The smallest absolute Gasteiger partial charge is 0.293 e. The van der Waals surface area contributed by atoms with Gasteiger partial charge in [0.25, 0.3) is 5.92 Å². The van der Waals surface area contributed by atoms with Crippen molar-refractivity contribution < 1.29 is 13.5 Å². The largest absolute Gasteiger partial charge is 0.475 e. The summed E-state index contributed by atoms with van der Waals surface area (Å²) in [6, 6.07) is 6.76. The average Bonchev–Trinajstić information content (AvgIpc) is 3.42. The average molecular weight is 504 g/mol. The summed E-state index contributed by atoms with van der Waals surface area (Å²) in [5, 5.41) is 26.8. The van der Waals surface area contributed by atoms with E-state index in [1.807, 2.05) is 6.07 Å². The van der Waals surface area contributed by atoms with Crippen LogP contribution in [-0.2, 0) is 6.42 Å². The first kappa shape index (κ1) is 24.1. The molecule has 1 fully saturated rings. The van der Waals surface area contributed by atoms with Crippen LogP contribution in [0.3, 0.4) is 0 Å². The zero-order chi connectivity index (χ0) is 26.2. The number of hydrogen-bond acceptors (Lipinski definition) is 9. The first-order valence-electron chi connectivity index (χ1n) is 11.7. The van der Waals surface area contributed by atoms with Gasteiger partial charge in [-0.25, -0.2) is 13.3 Å². The normalized spacial score (nSPS) is 19.9. The first-order chi connectivity index (χ1) is 17.8. The Morgan fingerprint density at radius 3 is 2.78 bits per heavy atom. The molecule has 1 aliphatic heterocycles. The number of aliphatic imine (C=N–C) groups is 1. The molecule has 1 aliphatic carbocycles. The van der Waals surface area contributed by atoms with E-state index in [-0.39, 0.29) is 28.6 Å². The number of hydrazone groups is 1.